The van der Waals surface area contributed by atoms with E-state index in [0.29, 0.717) is 5.56 Å². The lowest BCUT2D eigenvalue weighted by atomic mass is 9.78. The average molecular weight is 187 g/mol. The molecule has 0 amide bonds. The van der Waals surface area contributed by atoms with Gasteiger partial charge in [0, 0.05) is 0 Å². The molecular formula is C8H7BF3O-. The van der Waals surface area contributed by atoms with Crippen LogP contribution in [0.1, 0.15) is 15.9 Å². The van der Waals surface area contributed by atoms with Gasteiger partial charge in [0.05, 0.1) is 0 Å². The number of rotatable bonds is 2. The Balaban J connectivity index is 3.10. The van der Waals surface area contributed by atoms with Crippen molar-refractivity contribution in [2.75, 3.05) is 0 Å². The van der Waals surface area contributed by atoms with Gasteiger partial charge in [-0.3, -0.25) is 0 Å². The topological polar surface area (TPSA) is 17.1 Å². The fraction of sp³-hybridized carbons (Fsp3) is 0.125. The summed E-state index contributed by atoms with van der Waals surface area (Å²) in [4.78, 5) is 10.8. The molecule has 0 bridgehead atoms. The number of hydrogen-bond donors (Lipinski definition) is 0. The van der Waals surface area contributed by atoms with E-state index in [2.05, 4.69) is 0 Å². The average Bonchev–Trinajstić information content (AvgIpc) is 2.02. The maximum absolute atomic E-state index is 12.0. The minimum absolute atomic E-state index is 0.255. The van der Waals surface area contributed by atoms with Crippen LogP contribution in [0.15, 0.2) is 24.3 Å². The third-order valence-corrected chi connectivity index (χ3v) is 1.71. The highest BCUT2D eigenvalue weighted by molar-refractivity contribution is 6.93. The summed E-state index contributed by atoms with van der Waals surface area (Å²) in [6.45, 7) is -3.93. The van der Waals surface area contributed by atoms with E-state index in [1.54, 1.807) is 6.07 Å². The summed E-state index contributed by atoms with van der Waals surface area (Å²) in [7, 11) is 0. The highest BCUT2D eigenvalue weighted by Gasteiger charge is 2.34. The second-order valence-corrected chi connectivity index (χ2v) is 2.75. The predicted molar refractivity (Wildman–Crippen MR) is 44.6 cm³/mol. The molecule has 0 atom stereocenters. The molecule has 13 heavy (non-hydrogen) atoms. The molecule has 1 aromatic rings. The summed E-state index contributed by atoms with van der Waals surface area (Å²) in [6, 6.07) is 5.68. The van der Waals surface area contributed by atoms with Crippen LogP contribution in [0.25, 0.3) is 0 Å². The lowest BCUT2D eigenvalue weighted by Crippen LogP contribution is -2.30. The summed E-state index contributed by atoms with van der Waals surface area (Å²) in [5, 5.41) is 0. The Morgan fingerprint density at radius 3 is 2.23 bits per heavy atom. The Bertz CT molecular complexity index is 332. The summed E-state index contributed by atoms with van der Waals surface area (Å²) < 4.78 is 36.1. The lowest BCUT2D eigenvalue weighted by molar-refractivity contribution is 0.102. The van der Waals surface area contributed by atoms with Gasteiger partial charge in [-0.15, -0.1) is 0 Å². The number of benzene rings is 1. The minimum atomic E-state index is -5.41. The van der Waals surface area contributed by atoms with Gasteiger partial charge in [-0.1, -0.05) is 24.3 Å². The molecule has 1 aromatic carbocycles. The number of hydrogen-bond acceptors (Lipinski definition) is 1. The van der Waals surface area contributed by atoms with Crippen LogP contribution in [0.5, 0.6) is 0 Å². The van der Waals surface area contributed by atoms with Gasteiger partial charge in [-0.05, 0) is 18.1 Å². The molecule has 1 rings (SSSR count). The first-order chi connectivity index (χ1) is 5.93. The SMILES string of the molecule is Cc1ccccc1C(=O)[B-](F)(F)F. The van der Waals surface area contributed by atoms with E-state index in [1.165, 1.54) is 25.1 Å². The van der Waals surface area contributed by atoms with Crippen LogP contribution < -0.4 is 0 Å². The number of carbonyl (C=O) groups is 1. The molecule has 0 saturated heterocycles. The van der Waals surface area contributed by atoms with Gasteiger partial charge < -0.3 is 17.7 Å². The molecule has 0 N–H and O–H groups in total. The van der Waals surface area contributed by atoms with E-state index in [-0.39, 0.29) is 5.56 Å². The van der Waals surface area contributed by atoms with Crippen molar-refractivity contribution in [1.82, 2.24) is 0 Å². The summed E-state index contributed by atoms with van der Waals surface area (Å²) in [6.07, 6.45) is 0. The molecule has 5 heteroatoms. The van der Waals surface area contributed by atoms with Crippen LogP contribution in [-0.2, 0) is 0 Å². The van der Waals surface area contributed by atoms with Crippen LogP contribution in [-0.4, -0.2) is 12.7 Å². The van der Waals surface area contributed by atoms with Crippen molar-refractivity contribution in [2.24, 2.45) is 0 Å². The van der Waals surface area contributed by atoms with Crippen molar-refractivity contribution in [3.05, 3.63) is 35.4 Å². The molecule has 0 spiro atoms. The molecule has 1 nitrogen and oxygen atoms in total. The minimum Gasteiger partial charge on any atom is -0.443 e. The molecule has 0 aliphatic heterocycles. The van der Waals surface area contributed by atoms with E-state index < -0.39 is 12.7 Å². The first-order valence-corrected chi connectivity index (χ1v) is 3.72. The fourth-order valence-corrected chi connectivity index (χ4v) is 1.03. The third-order valence-electron chi connectivity index (χ3n) is 1.71. The van der Waals surface area contributed by atoms with Crippen molar-refractivity contribution in [3.63, 3.8) is 0 Å². The van der Waals surface area contributed by atoms with E-state index in [0.717, 1.165) is 0 Å². The fourth-order valence-electron chi connectivity index (χ4n) is 1.03. The van der Waals surface area contributed by atoms with E-state index in [9.17, 15) is 17.7 Å². The second kappa shape index (κ2) is 3.24. The molecule has 0 saturated carbocycles. The second-order valence-electron chi connectivity index (χ2n) is 2.75. The van der Waals surface area contributed by atoms with E-state index in [1.807, 2.05) is 0 Å². The smallest absolute Gasteiger partial charge is 0.443 e. The van der Waals surface area contributed by atoms with Gasteiger partial charge >= 0.3 is 6.98 Å². The molecule has 0 heterocycles. The monoisotopic (exact) mass is 187 g/mol. The number of carbonyl (C=O) groups excluding carboxylic acids is 1. The van der Waals surface area contributed by atoms with E-state index >= 15 is 0 Å². The molecule has 0 aromatic heterocycles. The zero-order chi connectivity index (χ0) is 10.1. The normalized spacial score (nSPS) is 11.4. The van der Waals surface area contributed by atoms with Crippen LogP contribution in [0.4, 0.5) is 12.9 Å². The molecule has 0 radical (unpaired) electrons. The Morgan fingerprint density at radius 2 is 1.77 bits per heavy atom. The largest absolute Gasteiger partial charge is 0.549 e. The first kappa shape index (κ1) is 9.83. The Labute approximate surface area is 73.6 Å². The Kier molecular flexibility index (Phi) is 2.45. The van der Waals surface area contributed by atoms with Gasteiger partial charge in [-0.2, -0.15) is 0 Å². The molecule has 0 aliphatic carbocycles. The van der Waals surface area contributed by atoms with Gasteiger partial charge in [0.2, 0.25) is 0 Å². The Hall–Kier alpha value is -1.26. The van der Waals surface area contributed by atoms with Crippen molar-refractivity contribution in [3.8, 4) is 0 Å². The van der Waals surface area contributed by atoms with E-state index in [4.69, 9.17) is 0 Å². The van der Waals surface area contributed by atoms with Gasteiger partial charge in [0.25, 0.3) is 0 Å². The number of halogens is 3. The maximum atomic E-state index is 12.0. The van der Waals surface area contributed by atoms with Crippen molar-refractivity contribution >= 4 is 12.7 Å². The molecule has 0 aliphatic rings. The highest BCUT2D eigenvalue weighted by atomic mass is 19.4. The first-order valence-electron chi connectivity index (χ1n) is 3.72. The standard InChI is InChI=1S/C8H7BF3O/c1-6-4-2-3-5-7(6)8(13)9(10,11)12/h2-5H,1H3/q-1. The Morgan fingerprint density at radius 1 is 1.23 bits per heavy atom. The summed E-state index contributed by atoms with van der Waals surface area (Å²) >= 11 is 0. The van der Waals surface area contributed by atoms with Crippen LogP contribution in [0.3, 0.4) is 0 Å². The summed E-state index contributed by atoms with van der Waals surface area (Å²) in [5.74, 6) is 0. The highest BCUT2D eigenvalue weighted by Crippen LogP contribution is 2.18. The maximum Gasteiger partial charge on any atom is 0.549 e. The molecule has 0 unspecified atom stereocenters. The van der Waals surface area contributed by atoms with Crippen LogP contribution >= 0.6 is 0 Å². The summed E-state index contributed by atoms with van der Waals surface area (Å²) in [5.41, 5.74) is -1.63. The van der Waals surface area contributed by atoms with Gasteiger partial charge in [0.1, 0.15) is 5.68 Å². The van der Waals surface area contributed by atoms with Crippen LogP contribution in [0, 0.1) is 6.92 Å². The molecular weight excluding hydrogens is 180 g/mol. The van der Waals surface area contributed by atoms with Crippen molar-refractivity contribution < 1.29 is 17.7 Å². The quantitative estimate of drug-likeness (QED) is 0.650. The van der Waals surface area contributed by atoms with Crippen LogP contribution in [0.2, 0.25) is 0 Å². The van der Waals surface area contributed by atoms with Crippen molar-refractivity contribution in [1.29, 1.82) is 0 Å². The molecule has 0 fully saturated rings. The zero-order valence-electron chi connectivity index (χ0n) is 6.93. The lowest BCUT2D eigenvalue weighted by Gasteiger charge is -2.14. The van der Waals surface area contributed by atoms with Crippen molar-refractivity contribution in [2.45, 2.75) is 6.92 Å². The number of aryl methyl sites for hydroxylation is 1. The van der Waals surface area contributed by atoms with Gasteiger partial charge in [-0.25, -0.2) is 0 Å². The molecule has 70 valence electrons. The predicted octanol–water partition coefficient (Wildman–Crippen LogP) is 2.56. The van der Waals surface area contributed by atoms with Gasteiger partial charge in [0.15, 0.2) is 0 Å². The third kappa shape index (κ3) is 2.11. The zero-order valence-corrected chi connectivity index (χ0v) is 6.93.